The highest BCUT2D eigenvalue weighted by Gasteiger charge is 1.92. The molecule has 0 amide bonds. The summed E-state index contributed by atoms with van der Waals surface area (Å²) in [7, 11) is 0. The maximum absolute atomic E-state index is 5.36. The number of halogens is 1. The van der Waals surface area contributed by atoms with E-state index in [1.54, 1.807) is 0 Å². The van der Waals surface area contributed by atoms with Crippen molar-refractivity contribution >= 4 is 21.6 Å². The average Bonchev–Trinajstić information content (AvgIpc) is 2.72. The van der Waals surface area contributed by atoms with Crippen molar-refractivity contribution < 1.29 is 0 Å². The van der Waals surface area contributed by atoms with Crippen molar-refractivity contribution in [2.45, 2.75) is 6.42 Å². The van der Waals surface area contributed by atoms with Crippen LogP contribution >= 0.6 is 15.9 Å². The highest BCUT2D eigenvalue weighted by Crippen LogP contribution is 2.08. The van der Waals surface area contributed by atoms with Crippen molar-refractivity contribution in [3.8, 4) is 0 Å². The summed E-state index contributed by atoms with van der Waals surface area (Å²) in [5, 5.41) is 0. The van der Waals surface area contributed by atoms with E-state index in [1.165, 1.54) is 11.1 Å². The van der Waals surface area contributed by atoms with Crippen LogP contribution < -0.4 is 5.73 Å². The largest absolute Gasteiger partial charge is 0.399 e. The van der Waals surface area contributed by atoms with Crippen molar-refractivity contribution in [3.63, 3.8) is 0 Å². The molecule has 4 rings (SSSR count). The molecule has 1 nitrogen and oxygen atoms in total. The molecular formula is C25H24BrN. The lowest BCUT2D eigenvalue weighted by molar-refractivity contribution is 1.19. The Kier molecular flexibility index (Phi) is 9.48. The van der Waals surface area contributed by atoms with E-state index in [4.69, 9.17) is 5.73 Å². The van der Waals surface area contributed by atoms with Gasteiger partial charge in [-0.1, -0.05) is 113 Å². The Labute approximate surface area is 170 Å². The zero-order valence-electron chi connectivity index (χ0n) is 15.2. The molecule has 136 valence electrons. The van der Waals surface area contributed by atoms with Gasteiger partial charge in [-0.05, 0) is 41.8 Å². The summed E-state index contributed by atoms with van der Waals surface area (Å²) in [6.07, 6.45) is 1.03. The molecule has 0 saturated heterocycles. The first-order chi connectivity index (χ1) is 13.2. The lowest BCUT2D eigenvalue weighted by Gasteiger charge is -2.00. The monoisotopic (exact) mass is 417 g/mol. The zero-order valence-corrected chi connectivity index (χ0v) is 16.8. The molecule has 0 aliphatic carbocycles. The van der Waals surface area contributed by atoms with Crippen LogP contribution in [-0.2, 0) is 6.42 Å². The van der Waals surface area contributed by atoms with E-state index in [-0.39, 0.29) is 0 Å². The Balaban J connectivity index is 0.000000159. The predicted octanol–water partition coefficient (Wildman–Crippen LogP) is 7.00. The maximum Gasteiger partial charge on any atom is 0.0313 e. The highest BCUT2D eigenvalue weighted by atomic mass is 79.9. The molecule has 0 radical (unpaired) electrons. The summed E-state index contributed by atoms with van der Waals surface area (Å²) in [6, 6.07) is 40.5. The van der Waals surface area contributed by atoms with E-state index < -0.39 is 0 Å². The second-order valence-corrected chi connectivity index (χ2v) is 6.77. The van der Waals surface area contributed by atoms with Crippen LogP contribution in [0.25, 0.3) is 0 Å². The van der Waals surface area contributed by atoms with Gasteiger partial charge in [-0.25, -0.2) is 0 Å². The molecule has 0 unspecified atom stereocenters. The molecule has 0 bridgehead atoms. The van der Waals surface area contributed by atoms with E-state index >= 15 is 0 Å². The summed E-state index contributed by atoms with van der Waals surface area (Å²) in [4.78, 5) is 0. The van der Waals surface area contributed by atoms with Crippen LogP contribution in [-0.4, -0.2) is 0 Å². The van der Waals surface area contributed by atoms with Crippen molar-refractivity contribution in [2.75, 3.05) is 5.73 Å². The number of hydrogen-bond acceptors (Lipinski definition) is 1. The maximum atomic E-state index is 5.36. The number of benzene rings is 4. The average molecular weight is 418 g/mol. The standard InChI is InChI=1S/C13H12.C6H5Br.C6H7N/c1-3-7-12(8-4-1)11-13-9-5-2-6-10-13;2*7-6-4-2-1-3-5-6/h1-10H,11H2;1-5H;1-5H,7H2. The molecule has 0 aliphatic heterocycles. The van der Waals surface area contributed by atoms with Crippen LogP contribution in [0.3, 0.4) is 0 Å². The van der Waals surface area contributed by atoms with E-state index in [0.29, 0.717) is 0 Å². The lowest BCUT2D eigenvalue weighted by atomic mass is 10.1. The van der Waals surface area contributed by atoms with Crippen LogP contribution in [0.5, 0.6) is 0 Å². The topological polar surface area (TPSA) is 26.0 Å². The van der Waals surface area contributed by atoms with Crippen molar-refractivity contribution in [3.05, 3.63) is 137 Å². The van der Waals surface area contributed by atoms with Gasteiger partial charge in [0.25, 0.3) is 0 Å². The van der Waals surface area contributed by atoms with Gasteiger partial charge in [0.1, 0.15) is 0 Å². The molecule has 0 aromatic heterocycles. The van der Waals surface area contributed by atoms with Crippen LogP contribution in [0.2, 0.25) is 0 Å². The fourth-order valence-corrected chi connectivity index (χ4v) is 2.60. The van der Waals surface area contributed by atoms with Gasteiger partial charge in [0, 0.05) is 10.2 Å². The fraction of sp³-hybridized carbons (Fsp3) is 0.0400. The van der Waals surface area contributed by atoms with E-state index in [2.05, 4.69) is 76.6 Å². The van der Waals surface area contributed by atoms with Gasteiger partial charge < -0.3 is 5.73 Å². The third-order valence-corrected chi connectivity index (χ3v) is 4.16. The predicted molar refractivity (Wildman–Crippen MR) is 121 cm³/mol. The Hall–Kier alpha value is -2.84. The zero-order chi connectivity index (χ0) is 19.2. The first-order valence-electron chi connectivity index (χ1n) is 8.83. The smallest absolute Gasteiger partial charge is 0.0313 e. The minimum atomic E-state index is 0.822. The Morgan fingerprint density at radius 2 is 0.815 bits per heavy atom. The molecule has 2 heteroatoms. The summed E-state index contributed by atoms with van der Waals surface area (Å²) in [5.41, 5.74) is 8.92. The molecule has 4 aromatic carbocycles. The molecule has 0 spiro atoms. The Morgan fingerprint density at radius 3 is 1.07 bits per heavy atom. The van der Waals surface area contributed by atoms with Gasteiger partial charge in [-0.3, -0.25) is 0 Å². The SMILES string of the molecule is Brc1ccccc1.Nc1ccccc1.c1ccc(Cc2ccccc2)cc1. The number of rotatable bonds is 2. The second kappa shape index (κ2) is 12.5. The summed E-state index contributed by atoms with van der Waals surface area (Å²) in [6.45, 7) is 0. The summed E-state index contributed by atoms with van der Waals surface area (Å²) in [5.74, 6) is 0. The fourth-order valence-electron chi connectivity index (χ4n) is 2.30. The van der Waals surface area contributed by atoms with Crippen molar-refractivity contribution in [1.82, 2.24) is 0 Å². The van der Waals surface area contributed by atoms with Gasteiger partial charge in [0.15, 0.2) is 0 Å². The van der Waals surface area contributed by atoms with Gasteiger partial charge in [0.2, 0.25) is 0 Å². The number of anilines is 1. The number of nitrogen functional groups attached to an aromatic ring is 1. The normalized spacial score (nSPS) is 9.22. The second-order valence-electron chi connectivity index (χ2n) is 5.85. The Morgan fingerprint density at radius 1 is 0.481 bits per heavy atom. The first-order valence-corrected chi connectivity index (χ1v) is 9.62. The van der Waals surface area contributed by atoms with Crippen molar-refractivity contribution in [1.29, 1.82) is 0 Å². The van der Waals surface area contributed by atoms with E-state index in [1.807, 2.05) is 60.7 Å². The highest BCUT2D eigenvalue weighted by molar-refractivity contribution is 9.10. The molecular weight excluding hydrogens is 394 g/mol. The number of nitrogens with two attached hydrogens (primary N) is 1. The van der Waals surface area contributed by atoms with Crippen LogP contribution in [0.15, 0.2) is 126 Å². The minimum absolute atomic E-state index is 0.822. The lowest BCUT2D eigenvalue weighted by Crippen LogP contribution is -1.85. The summed E-state index contributed by atoms with van der Waals surface area (Å²) >= 11 is 3.31. The number of hydrogen-bond donors (Lipinski definition) is 1. The third-order valence-electron chi connectivity index (χ3n) is 3.63. The molecule has 0 aliphatic rings. The molecule has 27 heavy (non-hydrogen) atoms. The number of para-hydroxylation sites is 1. The molecule has 0 fully saturated rings. The molecule has 0 atom stereocenters. The third kappa shape index (κ3) is 9.43. The molecule has 0 saturated carbocycles. The van der Waals surface area contributed by atoms with Crippen LogP contribution in [0, 0.1) is 0 Å². The first kappa shape index (κ1) is 20.5. The molecule has 2 N–H and O–H groups in total. The van der Waals surface area contributed by atoms with Crippen molar-refractivity contribution in [2.24, 2.45) is 0 Å². The quantitative estimate of drug-likeness (QED) is 0.349. The van der Waals surface area contributed by atoms with Gasteiger partial charge in [-0.15, -0.1) is 0 Å². The molecule has 4 aromatic rings. The van der Waals surface area contributed by atoms with Gasteiger partial charge >= 0.3 is 0 Å². The van der Waals surface area contributed by atoms with Gasteiger partial charge in [-0.2, -0.15) is 0 Å². The minimum Gasteiger partial charge on any atom is -0.399 e. The van der Waals surface area contributed by atoms with E-state index in [0.717, 1.165) is 16.6 Å². The van der Waals surface area contributed by atoms with Crippen LogP contribution in [0.4, 0.5) is 5.69 Å². The Bertz CT molecular complexity index is 773. The summed E-state index contributed by atoms with van der Waals surface area (Å²) < 4.78 is 1.13. The van der Waals surface area contributed by atoms with E-state index in [9.17, 15) is 0 Å². The van der Waals surface area contributed by atoms with Gasteiger partial charge in [0.05, 0.1) is 0 Å². The van der Waals surface area contributed by atoms with Crippen LogP contribution in [0.1, 0.15) is 11.1 Å². The molecule has 0 heterocycles.